The molecule has 2 rings (SSSR count). The number of aryl methyl sites for hydroxylation is 1. The Labute approximate surface area is 149 Å². The summed E-state index contributed by atoms with van der Waals surface area (Å²) < 4.78 is 4.87. The van der Waals surface area contributed by atoms with Gasteiger partial charge in [-0.2, -0.15) is 5.26 Å². The fourth-order valence-electron chi connectivity index (χ4n) is 1.76. The SMILES string of the molecule is C=CC.CC1=C(C)C(=O)OC(CO)C1.Cc1ccc(C#N)c(Cl)c1. The first-order valence-electron chi connectivity index (χ1n) is 7.52. The van der Waals surface area contributed by atoms with Crippen molar-refractivity contribution in [3.8, 4) is 6.07 Å². The molecular formula is C19H24ClNO3. The Morgan fingerprint density at radius 3 is 2.46 bits per heavy atom. The Kier molecular flexibility index (Phi) is 10.4. The van der Waals surface area contributed by atoms with Crippen LogP contribution >= 0.6 is 11.6 Å². The zero-order valence-corrected chi connectivity index (χ0v) is 15.4. The Hall–Kier alpha value is -2.09. The molecule has 1 aliphatic heterocycles. The van der Waals surface area contributed by atoms with Gasteiger partial charge in [-0.25, -0.2) is 4.79 Å². The molecule has 0 radical (unpaired) electrons. The molecule has 4 nitrogen and oxygen atoms in total. The molecule has 5 heteroatoms. The van der Waals surface area contributed by atoms with Crippen molar-refractivity contribution in [2.24, 2.45) is 0 Å². The van der Waals surface area contributed by atoms with E-state index in [2.05, 4.69) is 6.58 Å². The molecule has 1 unspecified atom stereocenters. The highest BCUT2D eigenvalue weighted by atomic mass is 35.5. The van der Waals surface area contributed by atoms with Crippen LogP contribution in [0.2, 0.25) is 5.02 Å². The van der Waals surface area contributed by atoms with Crippen molar-refractivity contribution >= 4 is 17.6 Å². The molecule has 0 aromatic heterocycles. The van der Waals surface area contributed by atoms with Crippen molar-refractivity contribution in [2.45, 2.75) is 40.2 Å². The number of carbonyl (C=O) groups is 1. The number of cyclic esters (lactones) is 1. The molecule has 24 heavy (non-hydrogen) atoms. The van der Waals surface area contributed by atoms with E-state index in [1.807, 2.05) is 32.9 Å². The van der Waals surface area contributed by atoms with Crippen molar-refractivity contribution < 1.29 is 14.6 Å². The summed E-state index contributed by atoms with van der Waals surface area (Å²) >= 11 is 5.71. The summed E-state index contributed by atoms with van der Waals surface area (Å²) in [6.45, 7) is 10.7. The average Bonchev–Trinajstić information content (AvgIpc) is 2.53. The smallest absolute Gasteiger partial charge is 0.334 e. The second-order valence-corrected chi connectivity index (χ2v) is 5.73. The predicted molar refractivity (Wildman–Crippen MR) is 96.7 cm³/mol. The van der Waals surface area contributed by atoms with E-state index in [0.717, 1.165) is 11.1 Å². The predicted octanol–water partition coefficient (Wildman–Crippen LogP) is 4.34. The van der Waals surface area contributed by atoms with E-state index in [1.54, 1.807) is 25.1 Å². The summed E-state index contributed by atoms with van der Waals surface area (Å²) in [6.07, 6.45) is 2.08. The van der Waals surface area contributed by atoms with Crippen LogP contribution in [0.15, 0.2) is 42.0 Å². The molecular weight excluding hydrogens is 326 g/mol. The van der Waals surface area contributed by atoms with Crippen LogP contribution in [0.4, 0.5) is 0 Å². The summed E-state index contributed by atoms with van der Waals surface area (Å²) in [5, 5.41) is 17.7. The fourth-order valence-corrected chi connectivity index (χ4v) is 2.04. The highest BCUT2D eigenvalue weighted by Gasteiger charge is 2.22. The van der Waals surface area contributed by atoms with Gasteiger partial charge in [-0.05, 0) is 45.4 Å². The monoisotopic (exact) mass is 349 g/mol. The van der Waals surface area contributed by atoms with Crippen LogP contribution < -0.4 is 0 Å². The molecule has 1 heterocycles. The lowest BCUT2D eigenvalue weighted by molar-refractivity contribution is -0.147. The summed E-state index contributed by atoms with van der Waals surface area (Å²) in [4.78, 5) is 11.0. The van der Waals surface area contributed by atoms with Gasteiger partial charge in [0.15, 0.2) is 0 Å². The number of rotatable bonds is 1. The number of nitriles is 1. The van der Waals surface area contributed by atoms with Crippen LogP contribution in [0.25, 0.3) is 0 Å². The van der Waals surface area contributed by atoms with Crippen LogP contribution in [0.5, 0.6) is 0 Å². The number of hydrogen-bond acceptors (Lipinski definition) is 4. The van der Waals surface area contributed by atoms with Crippen LogP contribution in [-0.2, 0) is 9.53 Å². The number of ether oxygens (including phenoxy) is 1. The third kappa shape index (κ3) is 7.45. The van der Waals surface area contributed by atoms with E-state index >= 15 is 0 Å². The Bertz CT molecular complexity index is 645. The minimum absolute atomic E-state index is 0.0869. The molecule has 130 valence electrons. The minimum Gasteiger partial charge on any atom is -0.456 e. The van der Waals surface area contributed by atoms with Gasteiger partial charge in [-0.15, -0.1) is 6.58 Å². The molecule has 0 saturated carbocycles. The van der Waals surface area contributed by atoms with E-state index < -0.39 is 0 Å². The maximum atomic E-state index is 11.0. The summed E-state index contributed by atoms with van der Waals surface area (Å²) in [7, 11) is 0. The highest BCUT2D eigenvalue weighted by molar-refractivity contribution is 6.31. The maximum Gasteiger partial charge on any atom is 0.334 e. The standard InChI is InChI=1S/C8H6ClN.C8H12O3.C3H6/c1-6-2-3-7(5-10)8(9)4-6;1-5-3-7(4-9)11-8(10)6(5)2;1-3-2/h2-4H,1H3;7,9H,3-4H2,1-2H3;3H,1H2,2H3. The molecule has 1 N–H and O–H groups in total. The Morgan fingerprint density at radius 2 is 2.04 bits per heavy atom. The molecule has 0 spiro atoms. The van der Waals surface area contributed by atoms with Gasteiger partial charge in [0.2, 0.25) is 0 Å². The maximum absolute atomic E-state index is 11.0. The highest BCUT2D eigenvalue weighted by Crippen LogP contribution is 2.20. The van der Waals surface area contributed by atoms with Crippen LogP contribution in [0.1, 0.15) is 38.3 Å². The van der Waals surface area contributed by atoms with Gasteiger partial charge in [0, 0.05) is 12.0 Å². The number of benzene rings is 1. The molecule has 0 aliphatic carbocycles. The van der Waals surface area contributed by atoms with Gasteiger partial charge >= 0.3 is 5.97 Å². The van der Waals surface area contributed by atoms with Gasteiger partial charge in [-0.3, -0.25) is 0 Å². The van der Waals surface area contributed by atoms with Crippen LogP contribution in [-0.4, -0.2) is 23.8 Å². The first-order valence-corrected chi connectivity index (χ1v) is 7.89. The van der Waals surface area contributed by atoms with Crippen molar-refractivity contribution in [3.63, 3.8) is 0 Å². The van der Waals surface area contributed by atoms with Crippen LogP contribution in [0, 0.1) is 18.3 Å². The third-order valence-electron chi connectivity index (χ3n) is 3.20. The molecule has 0 amide bonds. The molecule has 0 fully saturated rings. The Balaban J connectivity index is 0.000000381. The quantitative estimate of drug-likeness (QED) is 0.604. The first kappa shape index (κ1) is 21.9. The molecule has 1 aliphatic rings. The molecule has 0 bridgehead atoms. The van der Waals surface area contributed by atoms with Crippen LogP contribution in [0.3, 0.4) is 0 Å². The molecule has 0 saturated heterocycles. The first-order chi connectivity index (χ1) is 11.3. The largest absolute Gasteiger partial charge is 0.456 e. The number of nitrogens with zero attached hydrogens (tertiary/aromatic N) is 1. The number of halogens is 1. The number of carbonyl (C=O) groups excluding carboxylic acids is 1. The van der Waals surface area contributed by atoms with E-state index in [9.17, 15) is 4.79 Å². The Morgan fingerprint density at radius 1 is 1.46 bits per heavy atom. The average molecular weight is 350 g/mol. The third-order valence-corrected chi connectivity index (χ3v) is 3.52. The summed E-state index contributed by atoms with van der Waals surface area (Å²) in [5.74, 6) is -0.298. The van der Waals surface area contributed by atoms with Gasteiger partial charge in [0.1, 0.15) is 12.2 Å². The van der Waals surface area contributed by atoms with Crippen molar-refractivity contribution in [2.75, 3.05) is 6.61 Å². The zero-order valence-electron chi connectivity index (χ0n) is 14.6. The van der Waals surface area contributed by atoms with E-state index in [0.29, 0.717) is 22.6 Å². The number of aliphatic hydroxyl groups is 1. The van der Waals surface area contributed by atoms with E-state index in [1.165, 1.54) is 0 Å². The lowest BCUT2D eigenvalue weighted by Crippen LogP contribution is -2.27. The molecule has 1 aromatic rings. The molecule has 1 aromatic carbocycles. The summed E-state index contributed by atoms with van der Waals surface area (Å²) in [6, 6.07) is 7.35. The fraction of sp³-hybridized carbons (Fsp3) is 0.368. The number of hydrogen-bond donors (Lipinski definition) is 1. The molecule has 1 atom stereocenters. The summed E-state index contributed by atoms with van der Waals surface area (Å²) in [5.41, 5.74) is 3.30. The van der Waals surface area contributed by atoms with Crippen molar-refractivity contribution in [3.05, 3.63) is 58.1 Å². The van der Waals surface area contributed by atoms with E-state index in [-0.39, 0.29) is 18.7 Å². The lowest BCUT2D eigenvalue weighted by Gasteiger charge is -2.22. The van der Waals surface area contributed by atoms with Crippen molar-refractivity contribution in [1.82, 2.24) is 0 Å². The second kappa shape index (κ2) is 11.4. The van der Waals surface area contributed by atoms with E-state index in [4.69, 9.17) is 26.7 Å². The normalized spacial score (nSPS) is 15.9. The van der Waals surface area contributed by atoms with Gasteiger partial charge in [0.25, 0.3) is 0 Å². The number of esters is 1. The van der Waals surface area contributed by atoms with Crippen molar-refractivity contribution in [1.29, 1.82) is 5.26 Å². The minimum atomic E-state index is -0.328. The number of aliphatic hydroxyl groups excluding tert-OH is 1. The second-order valence-electron chi connectivity index (χ2n) is 5.32. The topological polar surface area (TPSA) is 70.3 Å². The lowest BCUT2D eigenvalue weighted by atomic mass is 10.0. The zero-order chi connectivity index (χ0) is 18.7. The number of allylic oxidation sites excluding steroid dienone is 1. The van der Waals surface area contributed by atoms with Gasteiger partial charge < -0.3 is 9.84 Å². The van der Waals surface area contributed by atoms with Gasteiger partial charge in [0.05, 0.1) is 17.2 Å². The van der Waals surface area contributed by atoms with Gasteiger partial charge in [-0.1, -0.05) is 29.3 Å².